The van der Waals surface area contributed by atoms with E-state index >= 15 is 0 Å². The largest absolute Gasteiger partial charge is 0.416 e. The highest BCUT2D eigenvalue weighted by atomic mass is 19.4. The molecule has 0 saturated carbocycles. The Bertz CT molecular complexity index is 951. The van der Waals surface area contributed by atoms with Crippen LogP contribution < -0.4 is 0 Å². The fraction of sp³-hybridized carbons (Fsp3) is 0.536. The van der Waals surface area contributed by atoms with Gasteiger partial charge in [-0.05, 0) is 62.4 Å². The van der Waals surface area contributed by atoms with Gasteiger partial charge in [0, 0.05) is 32.7 Å². The van der Waals surface area contributed by atoms with Crippen molar-refractivity contribution in [2.45, 2.75) is 56.8 Å². The van der Waals surface area contributed by atoms with E-state index in [1.807, 2.05) is 30.3 Å². The van der Waals surface area contributed by atoms with Crippen molar-refractivity contribution in [3.05, 3.63) is 71.3 Å². The summed E-state index contributed by atoms with van der Waals surface area (Å²) in [4.78, 5) is 20.3. The monoisotopic (exact) mass is 487 g/mol. The molecule has 4 rings (SSSR count). The number of carbonyl (C=O) groups excluding carboxylic acids is 1. The Kier molecular flexibility index (Phi) is 8.50. The second-order valence-electron chi connectivity index (χ2n) is 9.88. The fourth-order valence-electron chi connectivity index (χ4n) is 5.46. The minimum atomic E-state index is -4.36. The summed E-state index contributed by atoms with van der Waals surface area (Å²) in [6.45, 7) is 4.48. The Morgan fingerprint density at radius 1 is 0.971 bits per heavy atom. The average molecular weight is 488 g/mol. The van der Waals surface area contributed by atoms with E-state index in [1.165, 1.54) is 44.5 Å². The highest BCUT2D eigenvalue weighted by molar-refractivity contribution is 5.83. The molecular weight excluding hydrogens is 451 g/mol. The molecule has 0 radical (unpaired) electrons. The molecule has 0 spiro atoms. The average Bonchev–Trinajstić information content (AvgIpc) is 2.88. The van der Waals surface area contributed by atoms with Crippen LogP contribution in [0.25, 0.3) is 0 Å². The molecule has 0 aliphatic carbocycles. The summed E-state index contributed by atoms with van der Waals surface area (Å²) >= 11 is 0. The molecule has 1 atom stereocenters. The van der Waals surface area contributed by atoms with Crippen molar-refractivity contribution >= 4 is 5.91 Å². The van der Waals surface area contributed by atoms with Crippen LogP contribution in [0.1, 0.15) is 54.8 Å². The van der Waals surface area contributed by atoms with Crippen molar-refractivity contribution in [2.24, 2.45) is 0 Å². The lowest BCUT2D eigenvalue weighted by Crippen LogP contribution is -2.50. The smallest absolute Gasteiger partial charge is 0.344 e. The Hall–Kier alpha value is -2.38. The summed E-state index contributed by atoms with van der Waals surface area (Å²) in [5.74, 6) is -0.000372. The number of hydrogen-bond acceptors (Lipinski definition) is 3. The zero-order chi connectivity index (χ0) is 24.8. The lowest BCUT2D eigenvalue weighted by atomic mass is 9.96. The van der Waals surface area contributed by atoms with Crippen LogP contribution in [-0.2, 0) is 17.4 Å². The van der Waals surface area contributed by atoms with Crippen LogP contribution >= 0.6 is 0 Å². The van der Waals surface area contributed by atoms with E-state index < -0.39 is 11.7 Å². The molecule has 1 amide bonds. The van der Waals surface area contributed by atoms with E-state index in [0.29, 0.717) is 24.6 Å². The normalized spacial score (nSPS) is 19.4. The highest BCUT2D eigenvalue weighted by Gasteiger charge is 2.34. The summed E-state index contributed by atoms with van der Waals surface area (Å²) < 4.78 is 39.2. The van der Waals surface area contributed by atoms with Gasteiger partial charge in [-0.2, -0.15) is 13.2 Å². The molecule has 0 aromatic heterocycles. The first kappa shape index (κ1) is 25.7. The molecule has 2 aromatic carbocycles. The minimum absolute atomic E-state index is 0.000372. The Morgan fingerprint density at radius 2 is 1.66 bits per heavy atom. The van der Waals surface area contributed by atoms with Crippen LogP contribution in [0.3, 0.4) is 0 Å². The lowest BCUT2D eigenvalue weighted by molar-refractivity contribution is -0.138. The number of alkyl halides is 3. The Morgan fingerprint density at radius 3 is 2.31 bits per heavy atom. The van der Waals surface area contributed by atoms with Gasteiger partial charge in [-0.25, -0.2) is 0 Å². The summed E-state index contributed by atoms with van der Waals surface area (Å²) in [5.41, 5.74) is 0.903. The minimum Gasteiger partial charge on any atom is -0.344 e. The number of halogens is 3. The van der Waals surface area contributed by atoms with E-state index in [1.54, 1.807) is 18.0 Å². The molecular formula is C28H36F3N3O. The predicted octanol–water partition coefficient (Wildman–Crippen LogP) is 5.40. The zero-order valence-corrected chi connectivity index (χ0v) is 20.5. The van der Waals surface area contributed by atoms with E-state index in [0.717, 1.165) is 37.6 Å². The number of piperidine rings is 2. The van der Waals surface area contributed by atoms with Gasteiger partial charge in [-0.15, -0.1) is 0 Å². The van der Waals surface area contributed by atoms with Gasteiger partial charge >= 0.3 is 6.18 Å². The number of benzene rings is 2. The Balaban J connectivity index is 1.42. The standard InChI is InChI=1S/C28H36F3N3O/c1-32(18-13-22-9-8-12-24(21-22)28(29,30)31)27(35)26(23-10-4-2-5-11-23)34-19-14-25(15-20-34)33-16-6-3-7-17-33/h2,4-5,8-12,21,25-26H,3,6-7,13-20H2,1H3. The summed E-state index contributed by atoms with van der Waals surface area (Å²) in [6.07, 6.45) is 2.02. The molecule has 2 fully saturated rings. The maximum Gasteiger partial charge on any atom is 0.416 e. The SMILES string of the molecule is CN(CCc1cccc(C(F)(F)F)c1)C(=O)C(c1ccccc1)N1CCC(N2CCCCC2)CC1. The van der Waals surface area contributed by atoms with Crippen LogP contribution in [0, 0.1) is 0 Å². The molecule has 0 N–H and O–H groups in total. The van der Waals surface area contributed by atoms with Gasteiger partial charge < -0.3 is 9.80 Å². The van der Waals surface area contributed by atoms with Gasteiger partial charge in [0.2, 0.25) is 5.91 Å². The molecule has 190 valence electrons. The molecule has 2 saturated heterocycles. The van der Waals surface area contributed by atoms with Gasteiger partial charge in [-0.3, -0.25) is 9.69 Å². The maximum absolute atomic E-state index is 13.7. The summed E-state index contributed by atoms with van der Waals surface area (Å²) in [6, 6.07) is 15.5. The van der Waals surface area contributed by atoms with Crippen molar-refractivity contribution in [3.63, 3.8) is 0 Å². The van der Waals surface area contributed by atoms with Gasteiger partial charge in [0.25, 0.3) is 0 Å². The second kappa shape index (κ2) is 11.6. The Labute approximate surface area is 206 Å². The summed E-state index contributed by atoms with van der Waals surface area (Å²) in [5, 5.41) is 0. The van der Waals surface area contributed by atoms with E-state index in [2.05, 4.69) is 9.80 Å². The molecule has 2 aliphatic heterocycles. The molecule has 2 heterocycles. The highest BCUT2D eigenvalue weighted by Crippen LogP contribution is 2.31. The number of nitrogens with zero attached hydrogens (tertiary/aromatic N) is 3. The van der Waals surface area contributed by atoms with Gasteiger partial charge in [-0.1, -0.05) is 55.0 Å². The van der Waals surface area contributed by atoms with Gasteiger partial charge in [0.05, 0.1) is 5.56 Å². The van der Waals surface area contributed by atoms with Crippen molar-refractivity contribution < 1.29 is 18.0 Å². The van der Waals surface area contributed by atoms with Crippen molar-refractivity contribution in [1.29, 1.82) is 0 Å². The number of likely N-dealkylation sites (tertiary alicyclic amines) is 2. The van der Waals surface area contributed by atoms with Gasteiger partial charge in [0.15, 0.2) is 0 Å². The number of rotatable bonds is 7. The molecule has 4 nitrogen and oxygen atoms in total. The molecule has 0 bridgehead atoms. The van der Waals surface area contributed by atoms with Crippen molar-refractivity contribution in [3.8, 4) is 0 Å². The third-order valence-corrected chi connectivity index (χ3v) is 7.49. The predicted molar refractivity (Wildman–Crippen MR) is 132 cm³/mol. The third kappa shape index (κ3) is 6.64. The third-order valence-electron chi connectivity index (χ3n) is 7.49. The molecule has 1 unspecified atom stereocenters. The summed E-state index contributed by atoms with van der Waals surface area (Å²) in [7, 11) is 1.76. The molecule has 2 aromatic rings. The molecule has 7 heteroatoms. The van der Waals surface area contributed by atoms with Gasteiger partial charge in [0.1, 0.15) is 6.04 Å². The number of hydrogen-bond donors (Lipinski definition) is 0. The quantitative estimate of drug-likeness (QED) is 0.523. The second-order valence-corrected chi connectivity index (χ2v) is 9.88. The maximum atomic E-state index is 13.7. The van der Waals surface area contributed by atoms with Crippen LogP contribution in [0.15, 0.2) is 54.6 Å². The molecule has 35 heavy (non-hydrogen) atoms. The fourth-order valence-corrected chi connectivity index (χ4v) is 5.46. The number of amides is 1. The first-order valence-electron chi connectivity index (χ1n) is 12.8. The van der Waals surface area contributed by atoms with Crippen molar-refractivity contribution in [1.82, 2.24) is 14.7 Å². The topological polar surface area (TPSA) is 26.8 Å². The van der Waals surface area contributed by atoms with Crippen LogP contribution in [0.2, 0.25) is 0 Å². The first-order valence-corrected chi connectivity index (χ1v) is 12.8. The zero-order valence-electron chi connectivity index (χ0n) is 20.5. The lowest BCUT2D eigenvalue weighted by Gasteiger charge is -2.43. The van der Waals surface area contributed by atoms with E-state index in [4.69, 9.17) is 0 Å². The van der Waals surface area contributed by atoms with E-state index in [-0.39, 0.29) is 11.9 Å². The van der Waals surface area contributed by atoms with Crippen LogP contribution in [-0.4, -0.2) is 66.4 Å². The van der Waals surface area contributed by atoms with Crippen LogP contribution in [0.4, 0.5) is 13.2 Å². The molecule has 2 aliphatic rings. The number of likely N-dealkylation sites (N-methyl/N-ethyl adjacent to an activating group) is 1. The number of carbonyl (C=O) groups is 1. The van der Waals surface area contributed by atoms with E-state index in [9.17, 15) is 18.0 Å². The first-order chi connectivity index (χ1) is 16.8. The van der Waals surface area contributed by atoms with Crippen LogP contribution in [0.5, 0.6) is 0 Å². The van der Waals surface area contributed by atoms with Crippen molar-refractivity contribution in [2.75, 3.05) is 39.8 Å².